The van der Waals surface area contributed by atoms with Crippen molar-refractivity contribution in [3.63, 3.8) is 0 Å². The van der Waals surface area contributed by atoms with Gasteiger partial charge in [-0.25, -0.2) is 8.42 Å². The molecule has 1 aliphatic rings. The third-order valence-electron chi connectivity index (χ3n) is 6.18. The maximum atomic E-state index is 13.5. The van der Waals surface area contributed by atoms with Crippen LogP contribution in [0.2, 0.25) is 5.02 Å². The number of carbonyl (C=O) groups excluding carboxylic acids is 2. The molecule has 1 N–H and O–H groups in total. The van der Waals surface area contributed by atoms with Crippen molar-refractivity contribution in [1.82, 2.24) is 9.62 Å². The predicted octanol–water partition coefficient (Wildman–Crippen LogP) is 3.86. The number of anilines is 1. The fourth-order valence-corrected chi connectivity index (χ4v) is 5.90. The van der Waals surface area contributed by atoms with Crippen LogP contribution in [0.25, 0.3) is 0 Å². The van der Waals surface area contributed by atoms with Crippen molar-refractivity contribution in [2.45, 2.75) is 31.4 Å². The van der Waals surface area contributed by atoms with Crippen LogP contribution < -0.4 is 19.7 Å². The molecule has 2 amide bonds. The number of nitrogens with zero attached hydrogens (tertiary/aromatic N) is 2. The Labute approximate surface area is 233 Å². The predicted molar refractivity (Wildman–Crippen MR) is 149 cm³/mol. The summed E-state index contributed by atoms with van der Waals surface area (Å²) >= 11 is 6.22. The zero-order valence-corrected chi connectivity index (χ0v) is 23.2. The van der Waals surface area contributed by atoms with E-state index in [1.165, 1.54) is 23.1 Å². The first kappa shape index (κ1) is 28.4. The van der Waals surface area contributed by atoms with Crippen molar-refractivity contribution in [3.8, 4) is 11.5 Å². The Balaban J connectivity index is 1.52. The lowest BCUT2D eigenvalue weighted by molar-refractivity contribution is -0.128. The van der Waals surface area contributed by atoms with Crippen LogP contribution in [0.1, 0.15) is 19.4 Å². The molecule has 1 heterocycles. The van der Waals surface area contributed by atoms with Gasteiger partial charge in [0.1, 0.15) is 11.5 Å². The van der Waals surface area contributed by atoms with Gasteiger partial charge in [-0.1, -0.05) is 61.0 Å². The normalized spacial score (nSPS) is 14.9. The number of nitrogens with one attached hydrogen (secondary N) is 1. The molecule has 39 heavy (non-hydrogen) atoms. The summed E-state index contributed by atoms with van der Waals surface area (Å²) in [6.45, 7) is 3.68. The van der Waals surface area contributed by atoms with E-state index < -0.39 is 28.6 Å². The molecule has 9 nitrogen and oxygen atoms in total. The molecule has 0 unspecified atom stereocenters. The fourth-order valence-electron chi connectivity index (χ4n) is 4.17. The summed E-state index contributed by atoms with van der Waals surface area (Å²) in [5.41, 5.74) is 1.39. The monoisotopic (exact) mass is 571 g/mol. The molecule has 3 aromatic rings. The Morgan fingerprint density at radius 2 is 1.79 bits per heavy atom. The Hall–Kier alpha value is -3.60. The minimum absolute atomic E-state index is 0.0475. The summed E-state index contributed by atoms with van der Waals surface area (Å²) in [5.74, 6) is -0.135. The summed E-state index contributed by atoms with van der Waals surface area (Å²) in [6, 6.07) is 20.5. The van der Waals surface area contributed by atoms with E-state index in [0.717, 1.165) is 9.87 Å². The van der Waals surface area contributed by atoms with Crippen molar-refractivity contribution in [1.29, 1.82) is 0 Å². The number of benzene rings is 3. The molecule has 0 saturated carbocycles. The molecule has 4 rings (SSSR count). The van der Waals surface area contributed by atoms with Crippen molar-refractivity contribution in [2.24, 2.45) is 0 Å². The van der Waals surface area contributed by atoms with Gasteiger partial charge in [0.05, 0.1) is 35.3 Å². The molecule has 0 radical (unpaired) electrons. The molecule has 1 aliphatic heterocycles. The fraction of sp³-hybridized carbons (Fsp3) is 0.286. The minimum Gasteiger partial charge on any atom is -0.492 e. The second-order valence-corrected chi connectivity index (χ2v) is 11.1. The second kappa shape index (κ2) is 12.5. The minimum atomic E-state index is -4.05. The average Bonchev–Trinajstić information content (AvgIpc) is 2.95. The Morgan fingerprint density at radius 1 is 1.08 bits per heavy atom. The molecule has 11 heteroatoms. The van der Waals surface area contributed by atoms with Crippen LogP contribution in [0.15, 0.2) is 77.7 Å². The van der Waals surface area contributed by atoms with Crippen molar-refractivity contribution >= 4 is 39.1 Å². The van der Waals surface area contributed by atoms with Gasteiger partial charge in [0.2, 0.25) is 15.9 Å². The van der Waals surface area contributed by atoms with E-state index in [1.54, 1.807) is 38.1 Å². The van der Waals surface area contributed by atoms with Crippen molar-refractivity contribution in [2.75, 3.05) is 31.1 Å². The molecule has 1 atom stereocenters. The largest absolute Gasteiger partial charge is 0.492 e. The summed E-state index contributed by atoms with van der Waals surface area (Å²) in [6.07, 6.45) is -0.968. The van der Waals surface area contributed by atoms with Crippen LogP contribution in [-0.2, 0) is 26.2 Å². The number of carbonyl (C=O) groups is 2. The first-order valence-corrected chi connectivity index (χ1v) is 14.4. The molecule has 0 fully saturated rings. The molecule has 0 aliphatic carbocycles. The van der Waals surface area contributed by atoms with Gasteiger partial charge in [-0.2, -0.15) is 4.31 Å². The van der Waals surface area contributed by atoms with Crippen LogP contribution in [0.5, 0.6) is 11.5 Å². The van der Waals surface area contributed by atoms with Gasteiger partial charge in [-0.3, -0.25) is 9.59 Å². The third kappa shape index (κ3) is 6.52. The molecule has 0 bridgehead atoms. The van der Waals surface area contributed by atoms with E-state index in [4.69, 9.17) is 21.1 Å². The van der Waals surface area contributed by atoms with E-state index in [0.29, 0.717) is 30.3 Å². The number of amides is 2. The zero-order valence-electron chi connectivity index (χ0n) is 21.7. The van der Waals surface area contributed by atoms with E-state index in [2.05, 4.69) is 5.32 Å². The molecule has 0 aromatic heterocycles. The first-order chi connectivity index (χ1) is 18.7. The van der Waals surface area contributed by atoms with Gasteiger partial charge >= 0.3 is 0 Å². The lowest BCUT2D eigenvalue weighted by Crippen LogP contribution is -2.53. The van der Waals surface area contributed by atoms with Gasteiger partial charge in [-0.05, 0) is 42.8 Å². The van der Waals surface area contributed by atoms with Crippen LogP contribution in [0.4, 0.5) is 5.69 Å². The SMILES string of the molecule is CCOc1ccc(S(=O)(=O)N(CC)CC(=O)N2C[C@H](C(=O)NCc3ccccc3)Oc3ccccc32)cc1Cl. The van der Waals surface area contributed by atoms with Gasteiger partial charge in [0.25, 0.3) is 5.91 Å². The topological polar surface area (TPSA) is 105 Å². The van der Waals surface area contributed by atoms with Gasteiger partial charge in [0.15, 0.2) is 6.10 Å². The molecule has 206 valence electrons. The highest BCUT2D eigenvalue weighted by atomic mass is 35.5. The smallest absolute Gasteiger partial charge is 0.263 e. The average molecular weight is 572 g/mol. The van der Waals surface area contributed by atoms with Crippen LogP contribution >= 0.6 is 11.6 Å². The highest BCUT2D eigenvalue weighted by Gasteiger charge is 2.36. The number of halogens is 1. The quantitative estimate of drug-likeness (QED) is 0.396. The molecule has 0 saturated heterocycles. The summed E-state index contributed by atoms with van der Waals surface area (Å²) in [7, 11) is -4.05. The Morgan fingerprint density at radius 3 is 2.49 bits per heavy atom. The van der Waals surface area contributed by atoms with Gasteiger partial charge < -0.3 is 19.7 Å². The zero-order chi connectivity index (χ0) is 28.0. The summed E-state index contributed by atoms with van der Waals surface area (Å²) in [5, 5.41) is 3.00. The summed E-state index contributed by atoms with van der Waals surface area (Å²) < 4.78 is 39.2. The highest BCUT2D eigenvalue weighted by molar-refractivity contribution is 7.89. The number of hydrogen-bond donors (Lipinski definition) is 1. The summed E-state index contributed by atoms with van der Waals surface area (Å²) in [4.78, 5) is 27.9. The van der Waals surface area contributed by atoms with Crippen LogP contribution in [0.3, 0.4) is 0 Å². The number of sulfonamides is 1. The number of rotatable bonds is 10. The number of fused-ring (bicyclic) bond motifs is 1. The number of ether oxygens (including phenoxy) is 2. The van der Waals surface area contributed by atoms with Crippen LogP contribution in [0, 0.1) is 0 Å². The number of likely N-dealkylation sites (N-methyl/N-ethyl adjacent to an activating group) is 1. The number of para-hydroxylation sites is 2. The van der Waals surface area contributed by atoms with Gasteiger partial charge in [0, 0.05) is 13.1 Å². The van der Waals surface area contributed by atoms with Gasteiger partial charge in [-0.15, -0.1) is 0 Å². The highest BCUT2D eigenvalue weighted by Crippen LogP contribution is 2.34. The van der Waals surface area contributed by atoms with E-state index in [-0.39, 0.29) is 28.9 Å². The van der Waals surface area contributed by atoms with Crippen molar-refractivity contribution in [3.05, 3.63) is 83.4 Å². The Kier molecular flexibility index (Phi) is 9.11. The lowest BCUT2D eigenvalue weighted by Gasteiger charge is -2.35. The third-order valence-corrected chi connectivity index (χ3v) is 8.39. The van der Waals surface area contributed by atoms with Crippen molar-refractivity contribution < 1.29 is 27.5 Å². The van der Waals surface area contributed by atoms with E-state index in [9.17, 15) is 18.0 Å². The second-order valence-electron chi connectivity index (χ2n) is 8.74. The number of hydrogen-bond acceptors (Lipinski definition) is 6. The lowest BCUT2D eigenvalue weighted by atomic mass is 10.1. The standard InChI is InChI=1S/C28H30ClN3O6S/c1-3-31(39(35,36)21-14-15-24(37-4-2)22(29)16-21)19-27(33)32-18-26(38-25-13-9-8-12-23(25)32)28(34)30-17-20-10-6-5-7-11-20/h5-16,26H,3-4,17-19H2,1-2H3,(H,30,34)/t26-/m1/s1. The van der Waals surface area contributed by atoms with Crippen LogP contribution in [-0.4, -0.2) is 56.9 Å². The molecule has 3 aromatic carbocycles. The first-order valence-electron chi connectivity index (χ1n) is 12.5. The Bertz CT molecular complexity index is 1430. The molecular weight excluding hydrogens is 542 g/mol. The molecule has 0 spiro atoms. The maximum absolute atomic E-state index is 13.5. The van der Waals surface area contributed by atoms with E-state index in [1.807, 2.05) is 30.3 Å². The molecular formula is C28H30ClN3O6S. The maximum Gasteiger partial charge on any atom is 0.263 e. The van der Waals surface area contributed by atoms with E-state index >= 15 is 0 Å².